The van der Waals surface area contributed by atoms with E-state index in [4.69, 9.17) is 0 Å². The molecule has 26 heavy (non-hydrogen) atoms. The van der Waals surface area contributed by atoms with Crippen molar-refractivity contribution in [3.8, 4) is 11.1 Å². The van der Waals surface area contributed by atoms with Crippen molar-refractivity contribution >= 4 is 23.4 Å². The zero-order valence-corrected chi connectivity index (χ0v) is 14.9. The first-order chi connectivity index (χ1) is 12.9. The van der Waals surface area contributed by atoms with Crippen molar-refractivity contribution in [2.75, 3.05) is 5.32 Å². The second-order valence-corrected chi connectivity index (χ2v) is 6.72. The van der Waals surface area contributed by atoms with E-state index in [9.17, 15) is 0 Å². The number of hydrogen-bond donors (Lipinski definition) is 2. The van der Waals surface area contributed by atoms with Gasteiger partial charge >= 0.3 is 0 Å². The number of nitrogens with one attached hydrogen (secondary N) is 2. The standard InChI is InChI=1S/C21H18N4S/c1-3-9-16(10-4-1)15-26-21-23-20(24-25-21)22-19-14-8-7-13-18(19)17-11-5-2-6-12-17/h1-14H,15H2,(H2,22,23,24,25). The Balaban J connectivity index is 1.48. The minimum atomic E-state index is 0.643. The van der Waals surface area contributed by atoms with Crippen molar-refractivity contribution < 1.29 is 0 Å². The minimum Gasteiger partial charge on any atom is -0.324 e. The van der Waals surface area contributed by atoms with Crippen LogP contribution in [0.2, 0.25) is 0 Å². The van der Waals surface area contributed by atoms with Gasteiger partial charge in [0.2, 0.25) is 11.1 Å². The van der Waals surface area contributed by atoms with Gasteiger partial charge in [0, 0.05) is 17.0 Å². The molecule has 0 bridgehead atoms. The SMILES string of the molecule is c1ccc(CSc2n[nH]c(Nc3ccccc3-c3ccccc3)n2)cc1. The van der Waals surface area contributed by atoms with E-state index in [-0.39, 0.29) is 0 Å². The number of benzene rings is 3. The van der Waals surface area contributed by atoms with Crippen molar-refractivity contribution in [3.05, 3.63) is 90.5 Å². The van der Waals surface area contributed by atoms with Gasteiger partial charge in [-0.25, -0.2) is 5.10 Å². The van der Waals surface area contributed by atoms with Crippen LogP contribution in [0.4, 0.5) is 11.6 Å². The highest BCUT2D eigenvalue weighted by Gasteiger charge is 2.08. The van der Waals surface area contributed by atoms with Crippen LogP contribution < -0.4 is 5.32 Å². The number of para-hydroxylation sites is 1. The Morgan fingerprint density at radius 3 is 2.31 bits per heavy atom. The molecule has 1 aromatic heterocycles. The second-order valence-electron chi connectivity index (χ2n) is 5.78. The number of aromatic nitrogens is 3. The molecule has 1 heterocycles. The Morgan fingerprint density at radius 2 is 1.50 bits per heavy atom. The first kappa shape index (κ1) is 16.4. The summed E-state index contributed by atoms with van der Waals surface area (Å²) in [5.41, 5.74) is 4.54. The van der Waals surface area contributed by atoms with Crippen molar-refractivity contribution in [2.45, 2.75) is 10.9 Å². The number of anilines is 2. The van der Waals surface area contributed by atoms with Crippen molar-refractivity contribution in [1.29, 1.82) is 0 Å². The van der Waals surface area contributed by atoms with E-state index < -0.39 is 0 Å². The van der Waals surface area contributed by atoms with Crippen LogP contribution in [-0.2, 0) is 5.75 Å². The fraction of sp³-hybridized carbons (Fsp3) is 0.0476. The molecule has 128 valence electrons. The predicted octanol–water partition coefficient (Wildman–Crippen LogP) is 5.51. The van der Waals surface area contributed by atoms with E-state index in [2.05, 4.69) is 50.8 Å². The molecule has 0 unspecified atom stereocenters. The molecular formula is C21H18N4S. The lowest BCUT2D eigenvalue weighted by atomic mass is 10.0. The van der Waals surface area contributed by atoms with Crippen LogP contribution in [0.25, 0.3) is 11.1 Å². The minimum absolute atomic E-state index is 0.643. The van der Waals surface area contributed by atoms with Crippen molar-refractivity contribution in [1.82, 2.24) is 15.2 Å². The van der Waals surface area contributed by atoms with Gasteiger partial charge in [0.25, 0.3) is 0 Å². The highest BCUT2D eigenvalue weighted by atomic mass is 32.2. The maximum Gasteiger partial charge on any atom is 0.224 e. The molecule has 0 radical (unpaired) electrons. The lowest BCUT2D eigenvalue weighted by Crippen LogP contribution is -1.95. The second kappa shape index (κ2) is 7.89. The summed E-state index contributed by atoms with van der Waals surface area (Å²) >= 11 is 1.61. The van der Waals surface area contributed by atoms with Gasteiger partial charge in [-0.1, -0.05) is 90.6 Å². The molecule has 0 saturated heterocycles. The van der Waals surface area contributed by atoms with Crippen LogP contribution in [0.3, 0.4) is 0 Å². The highest BCUT2D eigenvalue weighted by Crippen LogP contribution is 2.29. The quantitative estimate of drug-likeness (QED) is 0.446. The molecule has 0 spiro atoms. The van der Waals surface area contributed by atoms with E-state index in [1.54, 1.807) is 11.8 Å². The first-order valence-electron chi connectivity index (χ1n) is 8.39. The number of thioether (sulfide) groups is 1. The van der Waals surface area contributed by atoms with Crippen LogP contribution in [0.5, 0.6) is 0 Å². The Bertz CT molecular complexity index is 967. The van der Waals surface area contributed by atoms with Crippen LogP contribution in [0.15, 0.2) is 90.1 Å². The van der Waals surface area contributed by atoms with Crippen LogP contribution in [0.1, 0.15) is 5.56 Å². The van der Waals surface area contributed by atoms with Crippen LogP contribution in [-0.4, -0.2) is 15.2 Å². The molecule has 0 atom stereocenters. The van der Waals surface area contributed by atoms with E-state index in [0.29, 0.717) is 5.95 Å². The van der Waals surface area contributed by atoms with Gasteiger partial charge in [-0.2, -0.15) is 4.98 Å². The van der Waals surface area contributed by atoms with Crippen molar-refractivity contribution in [3.63, 3.8) is 0 Å². The average molecular weight is 358 g/mol. The number of hydrogen-bond acceptors (Lipinski definition) is 4. The molecule has 4 aromatic rings. The Labute approximate surface area is 156 Å². The van der Waals surface area contributed by atoms with Gasteiger partial charge in [0.1, 0.15) is 0 Å². The number of H-pyrrole nitrogens is 1. The highest BCUT2D eigenvalue weighted by molar-refractivity contribution is 7.98. The van der Waals surface area contributed by atoms with Gasteiger partial charge in [-0.15, -0.1) is 5.10 Å². The van der Waals surface area contributed by atoms with Crippen LogP contribution >= 0.6 is 11.8 Å². The van der Waals surface area contributed by atoms with E-state index in [0.717, 1.165) is 27.7 Å². The summed E-state index contributed by atoms with van der Waals surface area (Å²) in [6.45, 7) is 0. The smallest absolute Gasteiger partial charge is 0.224 e. The van der Waals surface area contributed by atoms with E-state index in [1.165, 1.54) is 5.56 Å². The maximum absolute atomic E-state index is 4.54. The molecule has 0 aliphatic rings. The molecular weight excluding hydrogens is 340 g/mol. The largest absolute Gasteiger partial charge is 0.324 e. The first-order valence-corrected chi connectivity index (χ1v) is 9.38. The Hall–Kier alpha value is -3.05. The summed E-state index contributed by atoms with van der Waals surface area (Å²) in [6.07, 6.45) is 0. The van der Waals surface area contributed by atoms with E-state index >= 15 is 0 Å². The maximum atomic E-state index is 4.54. The summed E-state index contributed by atoms with van der Waals surface area (Å²) in [5, 5.41) is 11.3. The third-order valence-corrected chi connectivity index (χ3v) is 4.86. The number of rotatable bonds is 6. The average Bonchev–Trinajstić information content (AvgIpc) is 3.16. The molecule has 2 N–H and O–H groups in total. The molecule has 0 aliphatic carbocycles. The van der Waals surface area contributed by atoms with Gasteiger partial charge in [-0.05, 0) is 17.2 Å². The molecule has 0 aliphatic heterocycles. The van der Waals surface area contributed by atoms with Gasteiger partial charge < -0.3 is 5.32 Å². The van der Waals surface area contributed by atoms with Crippen LogP contribution in [0, 0.1) is 0 Å². The lowest BCUT2D eigenvalue weighted by Gasteiger charge is -2.09. The van der Waals surface area contributed by atoms with Gasteiger partial charge in [0.15, 0.2) is 0 Å². The van der Waals surface area contributed by atoms with Gasteiger partial charge in [-0.3, -0.25) is 0 Å². The summed E-state index contributed by atoms with van der Waals surface area (Å²) < 4.78 is 0. The molecule has 5 heteroatoms. The fourth-order valence-electron chi connectivity index (χ4n) is 2.68. The molecule has 4 nitrogen and oxygen atoms in total. The molecule has 3 aromatic carbocycles. The molecule has 4 rings (SSSR count). The summed E-state index contributed by atoms with van der Waals surface area (Å²) in [7, 11) is 0. The predicted molar refractivity (Wildman–Crippen MR) is 108 cm³/mol. The fourth-order valence-corrected chi connectivity index (χ4v) is 3.43. The summed E-state index contributed by atoms with van der Waals surface area (Å²) in [4.78, 5) is 4.54. The zero-order chi connectivity index (χ0) is 17.6. The third-order valence-electron chi connectivity index (χ3n) is 3.94. The Morgan fingerprint density at radius 1 is 0.808 bits per heavy atom. The summed E-state index contributed by atoms with van der Waals surface area (Å²) in [5.74, 6) is 1.49. The topological polar surface area (TPSA) is 53.6 Å². The molecule has 0 fully saturated rings. The third kappa shape index (κ3) is 3.95. The normalized spacial score (nSPS) is 10.6. The molecule has 0 saturated carbocycles. The Kier molecular flexibility index (Phi) is 4.98. The molecule has 0 amide bonds. The monoisotopic (exact) mass is 358 g/mol. The number of nitrogens with zero attached hydrogens (tertiary/aromatic N) is 2. The number of aromatic amines is 1. The van der Waals surface area contributed by atoms with Gasteiger partial charge in [0.05, 0.1) is 0 Å². The zero-order valence-electron chi connectivity index (χ0n) is 14.1. The van der Waals surface area contributed by atoms with Crippen molar-refractivity contribution in [2.24, 2.45) is 0 Å². The summed E-state index contributed by atoms with van der Waals surface area (Å²) in [6, 6.07) is 28.8. The van der Waals surface area contributed by atoms with E-state index in [1.807, 2.05) is 54.6 Å². The lowest BCUT2D eigenvalue weighted by molar-refractivity contribution is 0.973.